The molecule has 27 heavy (non-hydrogen) atoms. The van der Waals surface area contributed by atoms with Gasteiger partial charge in [0.1, 0.15) is 0 Å². The van der Waals surface area contributed by atoms with Gasteiger partial charge in [-0.05, 0) is 48.9 Å². The molecular weight excluding hydrogens is 348 g/mol. The fourth-order valence-electron chi connectivity index (χ4n) is 2.42. The summed E-state index contributed by atoms with van der Waals surface area (Å²) in [6.07, 6.45) is 0. The monoisotopic (exact) mass is 372 g/mol. The van der Waals surface area contributed by atoms with E-state index in [1.54, 1.807) is 45.4 Å². The number of amides is 1. The van der Waals surface area contributed by atoms with E-state index in [2.05, 4.69) is 10.6 Å². The van der Waals surface area contributed by atoms with Crippen molar-refractivity contribution in [3.8, 4) is 11.5 Å². The summed E-state index contributed by atoms with van der Waals surface area (Å²) >= 11 is 0. The van der Waals surface area contributed by atoms with Crippen molar-refractivity contribution in [2.45, 2.75) is 13.5 Å². The first-order valence-electron chi connectivity index (χ1n) is 8.56. The number of hydrogen-bond donors (Lipinski definition) is 2. The van der Waals surface area contributed by atoms with Crippen LogP contribution < -0.4 is 20.1 Å². The van der Waals surface area contributed by atoms with Gasteiger partial charge in [0.15, 0.2) is 11.5 Å². The molecule has 7 nitrogen and oxygen atoms in total. The molecule has 0 fully saturated rings. The minimum atomic E-state index is -0.382. The predicted molar refractivity (Wildman–Crippen MR) is 102 cm³/mol. The molecule has 0 unspecified atom stereocenters. The zero-order valence-corrected chi connectivity index (χ0v) is 15.7. The average Bonchev–Trinajstić information content (AvgIpc) is 2.68. The second-order valence-electron chi connectivity index (χ2n) is 5.64. The van der Waals surface area contributed by atoms with Gasteiger partial charge in [-0.1, -0.05) is 6.07 Å². The molecule has 0 saturated heterocycles. The predicted octanol–water partition coefficient (Wildman–Crippen LogP) is 2.61. The maximum Gasteiger partial charge on any atom is 0.338 e. The summed E-state index contributed by atoms with van der Waals surface area (Å²) in [6, 6.07) is 12.1. The molecule has 0 aliphatic heterocycles. The van der Waals surface area contributed by atoms with Crippen molar-refractivity contribution in [2.75, 3.05) is 32.7 Å². The van der Waals surface area contributed by atoms with Gasteiger partial charge in [0, 0.05) is 12.2 Å². The van der Waals surface area contributed by atoms with Crippen LogP contribution >= 0.6 is 0 Å². The summed E-state index contributed by atoms with van der Waals surface area (Å²) in [7, 11) is 3.16. The Morgan fingerprint density at radius 1 is 0.963 bits per heavy atom. The Bertz CT molecular complexity index is 774. The van der Waals surface area contributed by atoms with Gasteiger partial charge in [-0.2, -0.15) is 0 Å². The van der Waals surface area contributed by atoms with Crippen LogP contribution in [0.3, 0.4) is 0 Å². The Morgan fingerprint density at radius 3 is 2.30 bits per heavy atom. The summed E-state index contributed by atoms with van der Waals surface area (Å²) in [4.78, 5) is 23.6. The van der Waals surface area contributed by atoms with E-state index in [9.17, 15) is 9.59 Å². The molecule has 0 heterocycles. The minimum absolute atomic E-state index is 0.147. The maximum absolute atomic E-state index is 12.0. The second-order valence-corrected chi connectivity index (χ2v) is 5.64. The van der Waals surface area contributed by atoms with Crippen molar-refractivity contribution in [3.63, 3.8) is 0 Å². The molecule has 0 bridgehead atoms. The Labute approximate surface area is 158 Å². The average molecular weight is 372 g/mol. The SMILES string of the molecule is CCOC(=O)c1ccc(NC(=O)CNCc2ccc(OC)c(OC)c2)cc1. The summed E-state index contributed by atoms with van der Waals surface area (Å²) < 4.78 is 15.4. The van der Waals surface area contributed by atoms with Crippen LogP contribution in [0.4, 0.5) is 5.69 Å². The van der Waals surface area contributed by atoms with Crippen molar-refractivity contribution < 1.29 is 23.8 Å². The third-order valence-corrected chi connectivity index (χ3v) is 3.74. The highest BCUT2D eigenvalue weighted by molar-refractivity contribution is 5.94. The van der Waals surface area contributed by atoms with Crippen molar-refractivity contribution in [2.24, 2.45) is 0 Å². The molecular formula is C20H24N2O5. The van der Waals surface area contributed by atoms with Crippen molar-refractivity contribution in [1.29, 1.82) is 0 Å². The molecule has 0 atom stereocenters. The molecule has 144 valence electrons. The highest BCUT2D eigenvalue weighted by atomic mass is 16.5. The van der Waals surface area contributed by atoms with E-state index in [1.807, 2.05) is 18.2 Å². The van der Waals surface area contributed by atoms with Crippen molar-refractivity contribution in [3.05, 3.63) is 53.6 Å². The van der Waals surface area contributed by atoms with E-state index < -0.39 is 0 Å². The number of ether oxygens (including phenoxy) is 3. The van der Waals surface area contributed by atoms with E-state index >= 15 is 0 Å². The van der Waals surface area contributed by atoms with Gasteiger partial charge in [-0.15, -0.1) is 0 Å². The summed E-state index contributed by atoms with van der Waals surface area (Å²) in [5.41, 5.74) is 2.03. The quantitative estimate of drug-likeness (QED) is 0.658. The minimum Gasteiger partial charge on any atom is -0.493 e. The fraction of sp³-hybridized carbons (Fsp3) is 0.300. The van der Waals surface area contributed by atoms with Crippen LogP contribution in [0.25, 0.3) is 0 Å². The van der Waals surface area contributed by atoms with Gasteiger partial charge >= 0.3 is 5.97 Å². The largest absolute Gasteiger partial charge is 0.493 e. The molecule has 0 spiro atoms. The number of anilines is 1. The molecule has 7 heteroatoms. The van der Waals surface area contributed by atoms with Gasteiger partial charge in [-0.3, -0.25) is 4.79 Å². The third-order valence-electron chi connectivity index (χ3n) is 3.74. The number of hydrogen-bond acceptors (Lipinski definition) is 6. The molecule has 0 saturated carbocycles. The van der Waals surface area contributed by atoms with Crippen LogP contribution in [0.15, 0.2) is 42.5 Å². The number of nitrogens with one attached hydrogen (secondary N) is 2. The van der Waals surface area contributed by atoms with Gasteiger partial charge in [0.05, 0.1) is 32.9 Å². The normalized spacial score (nSPS) is 10.2. The maximum atomic E-state index is 12.0. The van der Waals surface area contributed by atoms with E-state index in [4.69, 9.17) is 14.2 Å². The smallest absolute Gasteiger partial charge is 0.338 e. The van der Waals surface area contributed by atoms with Crippen molar-refractivity contribution in [1.82, 2.24) is 5.32 Å². The van der Waals surface area contributed by atoms with Crippen LogP contribution in [-0.4, -0.2) is 39.2 Å². The van der Waals surface area contributed by atoms with E-state index in [0.29, 0.717) is 35.9 Å². The number of benzene rings is 2. The molecule has 0 aliphatic carbocycles. The topological polar surface area (TPSA) is 85.9 Å². The Morgan fingerprint density at radius 2 is 1.67 bits per heavy atom. The van der Waals surface area contributed by atoms with Crippen LogP contribution in [0, 0.1) is 0 Å². The number of carbonyl (C=O) groups is 2. The van der Waals surface area contributed by atoms with Crippen LogP contribution in [0.5, 0.6) is 11.5 Å². The first-order valence-corrected chi connectivity index (χ1v) is 8.56. The number of rotatable bonds is 9. The summed E-state index contributed by atoms with van der Waals surface area (Å²) in [6.45, 7) is 2.73. The Balaban J connectivity index is 1.82. The first-order chi connectivity index (χ1) is 13.1. The van der Waals surface area contributed by atoms with Gasteiger partial charge < -0.3 is 24.8 Å². The lowest BCUT2D eigenvalue weighted by molar-refractivity contribution is -0.115. The molecule has 0 aliphatic rings. The van der Waals surface area contributed by atoms with Crippen molar-refractivity contribution >= 4 is 17.6 Å². The number of methoxy groups -OCH3 is 2. The molecule has 2 N–H and O–H groups in total. The number of carbonyl (C=O) groups excluding carboxylic acids is 2. The molecule has 2 rings (SSSR count). The summed E-state index contributed by atoms with van der Waals surface area (Å²) in [5.74, 6) is 0.736. The molecule has 2 aromatic rings. The standard InChI is InChI=1S/C20H24N2O5/c1-4-27-20(24)15-6-8-16(9-7-15)22-19(23)13-21-12-14-5-10-17(25-2)18(11-14)26-3/h5-11,21H,4,12-13H2,1-3H3,(H,22,23). The van der Waals surface area contributed by atoms with E-state index in [1.165, 1.54) is 0 Å². The first kappa shape index (κ1) is 20.3. The number of esters is 1. The van der Waals surface area contributed by atoms with Crippen LogP contribution in [0.2, 0.25) is 0 Å². The highest BCUT2D eigenvalue weighted by Crippen LogP contribution is 2.27. The lowest BCUT2D eigenvalue weighted by Gasteiger charge is -2.10. The molecule has 1 amide bonds. The van der Waals surface area contributed by atoms with E-state index in [0.717, 1.165) is 5.56 Å². The van der Waals surface area contributed by atoms with Gasteiger partial charge in [0.25, 0.3) is 0 Å². The zero-order chi connectivity index (χ0) is 19.6. The van der Waals surface area contributed by atoms with Crippen LogP contribution in [0.1, 0.15) is 22.8 Å². The summed E-state index contributed by atoms with van der Waals surface area (Å²) in [5, 5.41) is 5.84. The fourth-order valence-corrected chi connectivity index (χ4v) is 2.42. The van der Waals surface area contributed by atoms with Gasteiger partial charge in [0.2, 0.25) is 5.91 Å². The zero-order valence-electron chi connectivity index (χ0n) is 15.7. The van der Waals surface area contributed by atoms with E-state index in [-0.39, 0.29) is 18.4 Å². The lowest BCUT2D eigenvalue weighted by Crippen LogP contribution is -2.27. The van der Waals surface area contributed by atoms with Crippen LogP contribution in [-0.2, 0) is 16.1 Å². The molecule has 0 radical (unpaired) electrons. The lowest BCUT2D eigenvalue weighted by atomic mass is 10.2. The Hall–Kier alpha value is -3.06. The molecule has 0 aromatic heterocycles. The third kappa shape index (κ3) is 6.00. The Kier molecular flexibility index (Phi) is 7.63. The molecule has 2 aromatic carbocycles. The highest BCUT2D eigenvalue weighted by Gasteiger charge is 2.08. The van der Waals surface area contributed by atoms with Gasteiger partial charge in [-0.25, -0.2) is 4.79 Å². The second kappa shape index (κ2) is 10.2.